The van der Waals surface area contributed by atoms with E-state index in [9.17, 15) is 0 Å². The highest BCUT2D eigenvalue weighted by Crippen LogP contribution is 2.13. The molecule has 0 fully saturated rings. The van der Waals surface area contributed by atoms with Crippen molar-refractivity contribution in [2.24, 2.45) is 0 Å². The van der Waals surface area contributed by atoms with Crippen LogP contribution >= 0.6 is 0 Å². The Labute approximate surface area is 159 Å². The Morgan fingerprint density at radius 1 is 0.520 bits per heavy atom. The monoisotopic (exact) mass is 347 g/mol. The van der Waals surface area contributed by atoms with Gasteiger partial charge in [-0.05, 0) is 32.1 Å². The molecule has 1 heteroatoms. The predicted octanol–water partition coefficient (Wildman–Crippen LogP) is 8.89. The van der Waals surface area contributed by atoms with Crippen molar-refractivity contribution in [1.29, 1.82) is 5.26 Å². The van der Waals surface area contributed by atoms with Gasteiger partial charge in [-0.3, -0.25) is 0 Å². The number of hydrogen-bond acceptors (Lipinski definition) is 1. The van der Waals surface area contributed by atoms with Crippen LogP contribution in [0.15, 0.2) is 12.2 Å². The molecule has 0 spiro atoms. The Bertz CT molecular complexity index is 300. The van der Waals surface area contributed by atoms with Gasteiger partial charge in [0.1, 0.15) is 0 Å². The van der Waals surface area contributed by atoms with Crippen LogP contribution in [-0.4, -0.2) is 0 Å². The van der Waals surface area contributed by atoms with E-state index in [1.165, 1.54) is 116 Å². The number of nitrogens with zero attached hydrogens (tertiary/aromatic N) is 1. The quantitative estimate of drug-likeness (QED) is 0.159. The molecule has 146 valence electrons. The van der Waals surface area contributed by atoms with Crippen LogP contribution in [0.1, 0.15) is 135 Å². The van der Waals surface area contributed by atoms with E-state index >= 15 is 0 Å². The van der Waals surface area contributed by atoms with E-state index in [-0.39, 0.29) is 0 Å². The molecule has 0 aromatic carbocycles. The van der Waals surface area contributed by atoms with E-state index in [1.54, 1.807) is 0 Å². The maximum absolute atomic E-state index is 8.46. The predicted molar refractivity (Wildman–Crippen MR) is 113 cm³/mol. The Hall–Kier alpha value is -0.770. The van der Waals surface area contributed by atoms with E-state index in [2.05, 4.69) is 25.1 Å². The van der Waals surface area contributed by atoms with Gasteiger partial charge in [-0.25, -0.2) is 0 Å². The SMILES string of the molecule is CCCCCCCCCCCCCCCC/C=C/CCCCCC#N. The van der Waals surface area contributed by atoms with Gasteiger partial charge < -0.3 is 0 Å². The van der Waals surface area contributed by atoms with Gasteiger partial charge in [-0.1, -0.05) is 109 Å². The molecule has 0 atom stereocenters. The molecule has 0 saturated heterocycles. The number of nitriles is 1. The second-order valence-corrected chi connectivity index (χ2v) is 7.61. The second kappa shape index (κ2) is 23.2. The zero-order valence-electron chi connectivity index (χ0n) is 17.2. The first kappa shape index (κ1) is 24.2. The molecule has 0 aliphatic heterocycles. The van der Waals surface area contributed by atoms with E-state index in [0.717, 1.165) is 12.8 Å². The van der Waals surface area contributed by atoms with E-state index in [4.69, 9.17) is 5.26 Å². The van der Waals surface area contributed by atoms with Gasteiger partial charge in [-0.2, -0.15) is 5.26 Å². The van der Waals surface area contributed by atoms with Crippen molar-refractivity contribution >= 4 is 0 Å². The maximum Gasteiger partial charge on any atom is 0.0621 e. The highest BCUT2D eigenvalue weighted by molar-refractivity contribution is 4.81. The minimum absolute atomic E-state index is 0.725. The average Bonchev–Trinajstić information content (AvgIpc) is 2.63. The summed E-state index contributed by atoms with van der Waals surface area (Å²) >= 11 is 0. The fourth-order valence-corrected chi connectivity index (χ4v) is 3.34. The zero-order valence-corrected chi connectivity index (χ0v) is 17.2. The van der Waals surface area contributed by atoms with Gasteiger partial charge in [0.05, 0.1) is 6.07 Å². The summed E-state index contributed by atoms with van der Waals surface area (Å²) in [5.74, 6) is 0. The van der Waals surface area contributed by atoms with Crippen molar-refractivity contribution in [3.63, 3.8) is 0 Å². The Kier molecular flexibility index (Phi) is 22.5. The third kappa shape index (κ3) is 23.2. The molecule has 0 unspecified atom stereocenters. The lowest BCUT2D eigenvalue weighted by Gasteiger charge is -2.02. The number of allylic oxidation sites excluding steroid dienone is 2. The molecule has 1 nitrogen and oxygen atoms in total. The summed E-state index contributed by atoms with van der Waals surface area (Å²) < 4.78 is 0. The lowest BCUT2D eigenvalue weighted by molar-refractivity contribution is 0.536. The topological polar surface area (TPSA) is 23.8 Å². The molecule has 0 aliphatic carbocycles. The molecule has 0 heterocycles. The van der Waals surface area contributed by atoms with Crippen molar-refractivity contribution < 1.29 is 0 Å². The molecule has 0 bridgehead atoms. The van der Waals surface area contributed by atoms with Crippen molar-refractivity contribution in [2.45, 2.75) is 135 Å². The molecular formula is C24H45N. The second-order valence-electron chi connectivity index (χ2n) is 7.61. The first-order valence-corrected chi connectivity index (χ1v) is 11.4. The summed E-state index contributed by atoms with van der Waals surface area (Å²) in [7, 11) is 0. The molecule has 0 amide bonds. The normalized spacial score (nSPS) is 11.2. The minimum Gasteiger partial charge on any atom is -0.198 e. The summed E-state index contributed by atoms with van der Waals surface area (Å²) in [5.41, 5.74) is 0. The zero-order chi connectivity index (χ0) is 18.3. The average molecular weight is 348 g/mol. The molecule has 0 aromatic heterocycles. The summed E-state index contributed by atoms with van der Waals surface area (Å²) in [4.78, 5) is 0. The molecule has 0 N–H and O–H groups in total. The fourth-order valence-electron chi connectivity index (χ4n) is 3.34. The van der Waals surface area contributed by atoms with Crippen LogP contribution in [0.3, 0.4) is 0 Å². The van der Waals surface area contributed by atoms with Crippen LogP contribution in [0.25, 0.3) is 0 Å². The van der Waals surface area contributed by atoms with Crippen LogP contribution in [0, 0.1) is 11.3 Å². The van der Waals surface area contributed by atoms with E-state index < -0.39 is 0 Å². The summed E-state index contributed by atoms with van der Waals surface area (Å²) in [6, 6.07) is 2.21. The molecule has 0 aromatic rings. The Morgan fingerprint density at radius 3 is 1.28 bits per heavy atom. The molecular weight excluding hydrogens is 302 g/mol. The highest BCUT2D eigenvalue weighted by atomic mass is 14.2. The summed E-state index contributed by atoms with van der Waals surface area (Å²) in [6.45, 7) is 2.29. The highest BCUT2D eigenvalue weighted by Gasteiger charge is 1.93. The molecule has 0 saturated carbocycles. The lowest BCUT2D eigenvalue weighted by atomic mass is 10.0. The Balaban J connectivity index is 3.03. The van der Waals surface area contributed by atoms with Crippen molar-refractivity contribution in [2.75, 3.05) is 0 Å². The third-order valence-electron chi connectivity index (χ3n) is 5.05. The number of hydrogen-bond donors (Lipinski definition) is 0. The standard InChI is InChI=1S/C24H45N/c1-2-3-4-5-6-7-8-9-10-11-12-13-14-15-16-17-18-19-20-21-22-23-24-25/h17-18H,2-16,19-23H2,1H3/b18-17+. The molecule has 25 heavy (non-hydrogen) atoms. The lowest BCUT2D eigenvalue weighted by Crippen LogP contribution is -1.83. The van der Waals surface area contributed by atoms with Crippen LogP contribution in [-0.2, 0) is 0 Å². The van der Waals surface area contributed by atoms with Gasteiger partial charge in [0.15, 0.2) is 0 Å². The largest absolute Gasteiger partial charge is 0.198 e. The fraction of sp³-hybridized carbons (Fsp3) is 0.875. The first-order chi connectivity index (χ1) is 12.4. The van der Waals surface area contributed by atoms with Crippen molar-refractivity contribution in [3.05, 3.63) is 12.2 Å². The molecule has 0 rings (SSSR count). The number of rotatable bonds is 20. The first-order valence-electron chi connectivity index (χ1n) is 11.4. The Morgan fingerprint density at radius 2 is 0.880 bits per heavy atom. The van der Waals surface area contributed by atoms with Crippen LogP contribution < -0.4 is 0 Å². The van der Waals surface area contributed by atoms with Gasteiger partial charge in [0.25, 0.3) is 0 Å². The van der Waals surface area contributed by atoms with Gasteiger partial charge >= 0.3 is 0 Å². The van der Waals surface area contributed by atoms with Crippen molar-refractivity contribution in [3.8, 4) is 6.07 Å². The minimum atomic E-state index is 0.725. The smallest absolute Gasteiger partial charge is 0.0621 e. The van der Waals surface area contributed by atoms with Crippen LogP contribution in [0.4, 0.5) is 0 Å². The molecule has 0 radical (unpaired) electrons. The van der Waals surface area contributed by atoms with Gasteiger partial charge in [0.2, 0.25) is 0 Å². The number of unbranched alkanes of at least 4 members (excludes halogenated alkanes) is 18. The van der Waals surface area contributed by atoms with Crippen LogP contribution in [0.2, 0.25) is 0 Å². The van der Waals surface area contributed by atoms with E-state index in [0.29, 0.717) is 0 Å². The van der Waals surface area contributed by atoms with Gasteiger partial charge in [0, 0.05) is 6.42 Å². The van der Waals surface area contributed by atoms with Crippen molar-refractivity contribution in [1.82, 2.24) is 0 Å². The molecule has 0 aliphatic rings. The summed E-state index contributed by atoms with van der Waals surface area (Å²) in [5, 5.41) is 8.46. The van der Waals surface area contributed by atoms with E-state index in [1.807, 2.05) is 0 Å². The van der Waals surface area contributed by atoms with Crippen LogP contribution in [0.5, 0.6) is 0 Å². The maximum atomic E-state index is 8.46. The van der Waals surface area contributed by atoms with Gasteiger partial charge in [-0.15, -0.1) is 0 Å². The third-order valence-corrected chi connectivity index (χ3v) is 5.05. The summed E-state index contributed by atoms with van der Waals surface area (Å²) in [6.07, 6.45) is 31.5.